The lowest BCUT2D eigenvalue weighted by Crippen LogP contribution is -2.48. The molecule has 0 spiro atoms. The van der Waals surface area contributed by atoms with E-state index in [0.717, 1.165) is 24.1 Å². The van der Waals surface area contributed by atoms with Gasteiger partial charge in [-0.2, -0.15) is 0 Å². The zero-order valence-electron chi connectivity index (χ0n) is 11.7. The molecule has 0 radical (unpaired) electrons. The van der Waals surface area contributed by atoms with Crippen molar-refractivity contribution in [3.05, 3.63) is 20.8 Å². The van der Waals surface area contributed by atoms with Crippen LogP contribution in [0.25, 0.3) is 0 Å². The van der Waals surface area contributed by atoms with Gasteiger partial charge in [0.1, 0.15) is 0 Å². The number of aromatic nitrogens is 3. The molecular formula is C12H21N5O2. The summed E-state index contributed by atoms with van der Waals surface area (Å²) in [4.78, 5) is 25.7. The van der Waals surface area contributed by atoms with E-state index in [1.165, 1.54) is 11.7 Å². The Kier molecular flexibility index (Phi) is 3.75. The Morgan fingerprint density at radius 2 is 2.05 bits per heavy atom. The third kappa shape index (κ3) is 2.42. The molecule has 0 amide bonds. The maximum Gasteiger partial charge on any atom is 0.346 e. The monoisotopic (exact) mass is 267 g/mol. The maximum absolute atomic E-state index is 12.1. The van der Waals surface area contributed by atoms with E-state index in [0.29, 0.717) is 24.2 Å². The van der Waals surface area contributed by atoms with Crippen LogP contribution in [0.15, 0.2) is 9.59 Å². The Bertz CT molecular complexity index is 576. The molecule has 2 unspecified atom stereocenters. The summed E-state index contributed by atoms with van der Waals surface area (Å²) in [5, 5.41) is 4.11. The molecule has 7 nitrogen and oxygen atoms in total. The molecule has 2 N–H and O–H groups in total. The smallest absolute Gasteiger partial charge is 0.346 e. The van der Waals surface area contributed by atoms with Gasteiger partial charge in [0.15, 0.2) is 0 Å². The fraction of sp³-hybridized carbons (Fsp3) is 0.750. The van der Waals surface area contributed by atoms with E-state index in [2.05, 4.69) is 12.0 Å². The molecule has 1 aliphatic heterocycles. The number of anilines is 1. The third-order valence-electron chi connectivity index (χ3n) is 4.02. The first-order valence-electron chi connectivity index (χ1n) is 6.55. The molecule has 2 atom stereocenters. The molecule has 0 aliphatic carbocycles. The van der Waals surface area contributed by atoms with Crippen LogP contribution in [0, 0.1) is 11.8 Å². The molecular weight excluding hydrogens is 246 g/mol. The highest BCUT2D eigenvalue weighted by Crippen LogP contribution is 2.23. The van der Waals surface area contributed by atoms with Crippen LogP contribution in [0.1, 0.15) is 13.3 Å². The van der Waals surface area contributed by atoms with Crippen molar-refractivity contribution in [1.82, 2.24) is 14.3 Å². The summed E-state index contributed by atoms with van der Waals surface area (Å²) in [7, 11) is 3.03. The Morgan fingerprint density at radius 3 is 2.68 bits per heavy atom. The number of hydrogen-bond donors (Lipinski definition) is 1. The van der Waals surface area contributed by atoms with Crippen LogP contribution in [0.3, 0.4) is 0 Å². The molecule has 0 saturated carbocycles. The van der Waals surface area contributed by atoms with Gasteiger partial charge >= 0.3 is 5.69 Å². The summed E-state index contributed by atoms with van der Waals surface area (Å²) < 4.78 is 2.30. The predicted octanol–water partition coefficient (Wildman–Crippen LogP) is -1.10. The molecule has 1 aromatic heterocycles. The Balaban J connectivity index is 2.38. The maximum atomic E-state index is 12.1. The van der Waals surface area contributed by atoms with Crippen molar-refractivity contribution >= 4 is 5.82 Å². The van der Waals surface area contributed by atoms with Crippen LogP contribution < -0.4 is 21.9 Å². The fourth-order valence-corrected chi connectivity index (χ4v) is 2.53. The Morgan fingerprint density at radius 1 is 1.37 bits per heavy atom. The lowest BCUT2D eigenvalue weighted by Gasteiger charge is -2.36. The van der Waals surface area contributed by atoms with Gasteiger partial charge in [-0.25, -0.2) is 9.48 Å². The second-order valence-corrected chi connectivity index (χ2v) is 5.30. The Hall–Kier alpha value is -1.63. The van der Waals surface area contributed by atoms with Crippen LogP contribution in [0.2, 0.25) is 0 Å². The molecule has 1 aliphatic rings. The summed E-state index contributed by atoms with van der Waals surface area (Å²) in [5.41, 5.74) is 5.02. The molecule has 2 rings (SSSR count). The summed E-state index contributed by atoms with van der Waals surface area (Å²) in [6.07, 6.45) is 0.982. The lowest BCUT2D eigenvalue weighted by atomic mass is 9.87. The van der Waals surface area contributed by atoms with E-state index in [4.69, 9.17) is 5.73 Å². The summed E-state index contributed by atoms with van der Waals surface area (Å²) in [6.45, 7) is 4.28. The van der Waals surface area contributed by atoms with Gasteiger partial charge in [-0.3, -0.25) is 9.36 Å². The van der Waals surface area contributed by atoms with E-state index in [1.54, 1.807) is 7.05 Å². The topological polar surface area (TPSA) is 86.2 Å². The van der Waals surface area contributed by atoms with Crippen molar-refractivity contribution in [2.45, 2.75) is 13.3 Å². The molecule has 106 valence electrons. The highest BCUT2D eigenvalue weighted by molar-refractivity contribution is 5.35. The van der Waals surface area contributed by atoms with Gasteiger partial charge in [0, 0.05) is 27.2 Å². The summed E-state index contributed by atoms with van der Waals surface area (Å²) in [5.74, 6) is 1.25. The first-order chi connectivity index (χ1) is 8.95. The average Bonchev–Trinajstić information content (AvgIpc) is 2.41. The van der Waals surface area contributed by atoms with Gasteiger partial charge in [0.25, 0.3) is 5.56 Å². The quantitative estimate of drug-likeness (QED) is 0.735. The van der Waals surface area contributed by atoms with Crippen LogP contribution in [0.5, 0.6) is 0 Å². The standard InChI is InChI=1S/C12H21N5O2/c1-8-4-5-17(7-9(8)6-13)10-11(18)15(2)12(19)16(3)14-10/h8-9H,4-7,13H2,1-3H3. The van der Waals surface area contributed by atoms with Gasteiger partial charge in [0.2, 0.25) is 5.82 Å². The zero-order valence-corrected chi connectivity index (χ0v) is 11.7. The number of hydrogen-bond acceptors (Lipinski definition) is 5. The van der Waals surface area contributed by atoms with Gasteiger partial charge in [-0.1, -0.05) is 6.92 Å². The SMILES string of the molecule is CC1CCN(c2nn(C)c(=O)n(C)c2=O)CC1CN. The van der Waals surface area contributed by atoms with Crippen molar-refractivity contribution in [3.8, 4) is 0 Å². The molecule has 1 aromatic rings. The van der Waals surface area contributed by atoms with E-state index in [-0.39, 0.29) is 5.56 Å². The first kappa shape index (κ1) is 13.8. The minimum absolute atomic E-state index is 0.339. The molecule has 2 heterocycles. The zero-order chi connectivity index (χ0) is 14.2. The number of nitrogens with two attached hydrogens (primary N) is 1. The second-order valence-electron chi connectivity index (χ2n) is 5.30. The first-order valence-corrected chi connectivity index (χ1v) is 6.55. The average molecular weight is 267 g/mol. The molecule has 1 fully saturated rings. The van der Waals surface area contributed by atoms with Crippen LogP contribution >= 0.6 is 0 Å². The van der Waals surface area contributed by atoms with Crippen LogP contribution in [-0.2, 0) is 14.1 Å². The van der Waals surface area contributed by atoms with Crippen molar-refractivity contribution in [1.29, 1.82) is 0 Å². The minimum atomic E-state index is -0.408. The van der Waals surface area contributed by atoms with Crippen LogP contribution in [-0.4, -0.2) is 34.0 Å². The molecule has 0 aromatic carbocycles. The number of rotatable bonds is 2. The number of piperidine rings is 1. The number of aryl methyl sites for hydroxylation is 1. The summed E-state index contributed by atoms with van der Waals surface area (Å²) in [6, 6.07) is 0. The number of nitrogens with zero attached hydrogens (tertiary/aromatic N) is 4. The fourth-order valence-electron chi connectivity index (χ4n) is 2.53. The Labute approximate surface area is 111 Å². The summed E-state index contributed by atoms with van der Waals surface area (Å²) >= 11 is 0. The minimum Gasteiger partial charge on any atom is -0.350 e. The molecule has 19 heavy (non-hydrogen) atoms. The van der Waals surface area contributed by atoms with E-state index in [9.17, 15) is 9.59 Å². The van der Waals surface area contributed by atoms with Gasteiger partial charge in [0.05, 0.1) is 0 Å². The normalized spacial score (nSPS) is 23.7. The van der Waals surface area contributed by atoms with Gasteiger partial charge in [-0.15, -0.1) is 5.10 Å². The van der Waals surface area contributed by atoms with Gasteiger partial charge in [-0.05, 0) is 24.8 Å². The van der Waals surface area contributed by atoms with Crippen molar-refractivity contribution in [2.75, 3.05) is 24.5 Å². The molecule has 7 heteroatoms. The van der Waals surface area contributed by atoms with Crippen molar-refractivity contribution in [3.63, 3.8) is 0 Å². The second kappa shape index (κ2) is 5.16. The molecule has 0 bridgehead atoms. The highest BCUT2D eigenvalue weighted by atomic mass is 16.2. The lowest BCUT2D eigenvalue weighted by molar-refractivity contribution is 0.305. The largest absolute Gasteiger partial charge is 0.350 e. The molecule has 1 saturated heterocycles. The van der Waals surface area contributed by atoms with Crippen molar-refractivity contribution < 1.29 is 0 Å². The van der Waals surface area contributed by atoms with Crippen molar-refractivity contribution in [2.24, 2.45) is 31.7 Å². The van der Waals surface area contributed by atoms with E-state index >= 15 is 0 Å². The van der Waals surface area contributed by atoms with E-state index < -0.39 is 5.69 Å². The third-order valence-corrected chi connectivity index (χ3v) is 4.02. The van der Waals surface area contributed by atoms with E-state index in [1.807, 2.05) is 4.90 Å². The van der Waals surface area contributed by atoms with Crippen LogP contribution in [0.4, 0.5) is 5.82 Å². The highest BCUT2D eigenvalue weighted by Gasteiger charge is 2.28. The predicted molar refractivity (Wildman–Crippen MR) is 73.3 cm³/mol. The van der Waals surface area contributed by atoms with Gasteiger partial charge < -0.3 is 10.6 Å².